The number of nitrogens with one attached hydrogen (secondary N) is 2. The van der Waals surface area contributed by atoms with Crippen LogP contribution in [0.2, 0.25) is 0 Å². The Morgan fingerprint density at radius 3 is 2.38 bits per heavy atom. The lowest BCUT2D eigenvalue weighted by atomic mass is 10.0. The molecule has 0 aliphatic carbocycles. The van der Waals surface area contributed by atoms with Gasteiger partial charge in [0.15, 0.2) is 0 Å². The van der Waals surface area contributed by atoms with Crippen molar-refractivity contribution >= 4 is 22.8 Å². The summed E-state index contributed by atoms with van der Waals surface area (Å²) in [6.07, 6.45) is 3.38. The van der Waals surface area contributed by atoms with Crippen LogP contribution in [0.25, 0.3) is 22.0 Å². The Labute approximate surface area is 200 Å². The van der Waals surface area contributed by atoms with E-state index in [1.807, 2.05) is 60.8 Å². The number of hydrogen-bond donors (Lipinski definition) is 2. The molecule has 0 unspecified atom stereocenters. The van der Waals surface area contributed by atoms with Crippen molar-refractivity contribution in [3.05, 3.63) is 95.7 Å². The Morgan fingerprint density at radius 1 is 0.912 bits per heavy atom. The van der Waals surface area contributed by atoms with Gasteiger partial charge < -0.3 is 15.0 Å². The molecule has 0 atom stereocenters. The van der Waals surface area contributed by atoms with Gasteiger partial charge in [0, 0.05) is 34.8 Å². The normalized spacial score (nSPS) is 11.0. The van der Waals surface area contributed by atoms with Crippen molar-refractivity contribution in [1.82, 2.24) is 10.3 Å². The van der Waals surface area contributed by atoms with Gasteiger partial charge in [-0.15, -0.1) is 0 Å². The Morgan fingerprint density at radius 2 is 1.65 bits per heavy atom. The van der Waals surface area contributed by atoms with Crippen LogP contribution in [0.15, 0.2) is 79.0 Å². The number of fused-ring (bicyclic) bond motifs is 1. The predicted octanol–water partition coefficient (Wildman–Crippen LogP) is 6.33. The summed E-state index contributed by atoms with van der Waals surface area (Å²) in [6.45, 7) is 5.11. The van der Waals surface area contributed by atoms with Gasteiger partial charge in [0.05, 0.1) is 12.2 Å². The van der Waals surface area contributed by atoms with Crippen LogP contribution in [0, 0.1) is 0 Å². The van der Waals surface area contributed by atoms with Gasteiger partial charge in [-0.3, -0.25) is 4.79 Å². The second-order valence-electron chi connectivity index (χ2n) is 8.70. The summed E-state index contributed by atoms with van der Waals surface area (Å²) in [5, 5.41) is 3.99. The van der Waals surface area contributed by atoms with Gasteiger partial charge in [-0.2, -0.15) is 0 Å². The summed E-state index contributed by atoms with van der Waals surface area (Å²) in [4.78, 5) is 28.0. The molecule has 0 spiro atoms. The van der Waals surface area contributed by atoms with Crippen LogP contribution < -0.4 is 5.32 Å². The molecule has 4 aromatic rings. The number of unbranched alkanes of at least 4 members (excludes halogenated alkanes) is 1. The smallest absolute Gasteiger partial charge is 0.338 e. The van der Waals surface area contributed by atoms with Crippen LogP contribution in [0.1, 0.15) is 58.9 Å². The monoisotopic (exact) mass is 454 g/mol. The first-order chi connectivity index (χ1) is 16.5. The maximum Gasteiger partial charge on any atom is 0.338 e. The minimum absolute atomic E-state index is 0.0820. The molecule has 5 nitrogen and oxygen atoms in total. The van der Waals surface area contributed by atoms with Crippen LogP contribution >= 0.6 is 0 Å². The van der Waals surface area contributed by atoms with Gasteiger partial charge in [0.25, 0.3) is 5.91 Å². The molecule has 174 valence electrons. The molecule has 0 fully saturated rings. The summed E-state index contributed by atoms with van der Waals surface area (Å²) in [5.74, 6) is 0.0183. The Balaban J connectivity index is 1.21. The van der Waals surface area contributed by atoms with E-state index in [-0.39, 0.29) is 11.9 Å². The van der Waals surface area contributed by atoms with E-state index in [0.717, 1.165) is 28.5 Å². The zero-order chi connectivity index (χ0) is 23.9. The number of aromatic amines is 1. The second kappa shape index (κ2) is 10.8. The number of ether oxygens (including phenoxy) is 1. The highest BCUT2D eigenvalue weighted by atomic mass is 16.5. The van der Waals surface area contributed by atoms with Gasteiger partial charge in [-0.1, -0.05) is 62.4 Å². The molecular weight excluding hydrogens is 424 g/mol. The summed E-state index contributed by atoms with van der Waals surface area (Å²) < 4.78 is 5.43. The molecule has 1 aromatic heterocycles. The lowest BCUT2D eigenvalue weighted by molar-refractivity contribution is 0.0497. The van der Waals surface area contributed by atoms with Crippen molar-refractivity contribution in [2.24, 2.45) is 0 Å². The Bertz CT molecular complexity index is 1260. The first-order valence-electron chi connectivity index (χ1n) is 11.7. The maximum absolute atomic E-state index is 12.5. The van der Waals surface area contributed by atoms with Crippen molar-refractivity contribution in [2.75, 3.05) is 13.2 Å². The summed E-state index contributed by atoms with van der Waals surface area (Å²) >= 11 is 0. The van der Waals surface area contributed by atoms with Crippen molar-refractivity contribution < 1.29 is 14.3 Å². The average Bonchev–Trinajstić information content (AvgIpc) is 3.29. The number of aromatic nitrogens is 1. The largest absolute Gasteiger partial charge is 0.462 e. The third-order valence-electron chi connectivity index (χ3n) is 5.93. The zero-order valence-corrected chi connectivity index (χ0v) is 19.6. The van der Waals surface area contributed by atoms with Gasteiger partial charge in [0.1, 0.15) is 0 Å². The molecule has 1 heterocycles. The molecule has 1 amide bonds. The number of rotatable bonds is 9. The van der Waals surface area contributed by atoms with Crippen LogP contribution in [0.5, 0.6) is 0 Å². The molecule has 0 radical (unpaired) electrons. The molecule has 0 saturated heterocycles. The molecule has 0 bridgehead atoms. The lowest BCUT2D eigenvalue weighted by Gasteiger charge is -2.08. The predicted molar refractivity (Wildman–Crippen MR) is 136 cm³/mol. The number of carbonyl (C=O) groups excluding carboxylic acids is 2. The third-order valence-corrected chi connectivity index (χ3v) is 5.93. The van der Waals surface area contributed by atoms with Crippen molar-refractivity contribution in [3.8, 4) is 11.1 Å². The molecule has 3 aromatic carbocycles. The molecule has 2 N–H and O–H groups in total. The van der Waals surface area contributed by atoms with Crippen LogP contribution in [-0.2, 0) is 4.74 Å². The molecule has 34 heavy (non-hydrogen) atoms. The highest BCUT2D eigenvalue weighted by molar-refractivity contribution is 6.00. The molecule has 5 heteroatoms. The van der Waals surface area contributed by atoms with E-state index in [1.165, 1.54) is 5.56 Å². The van der Waals surface area contributed by atoms with Gasteiger partial charge >= 0.3 is 5.97 Å². The molecule has 4 rings (SSSR count). The SMILES string of the molecule is CC(C)c1ccc(C(=O)NCCCCOC(=O)c2ccc3c(-c4ccccc4)c[nH]c3c2)cc1. The van der Waals surface area contributed by atoms with E-state index in [4.69, 9.17) is 4.74 Å². The van der Waals surface area contributed by atoms with Crippen molar-refractivity contribution in [1.29, 1.82) is 0 Å². The van der Waals surface area contributed by atoms with Crippen LogP contribution in [0.3, 0.4) is 0 Å². The second-order valence-corrected chi connectivity index (χ2v) is 8.70. The van der Waals surface area contributed by atoms with Gasteiger partial charge in [0.2, 0.25) is 0 Å². The molecule has 0 aliphatic heterocycles. The molecule has 0 aliphatic rings. The fourth-order valence-electron chi connectivity index (χ4n) is 3.91. The third kappa shape index (κ3) is 5.54. The van der Waals surface area contributed by atoms with E-state index in [1.54, 1.807) is 6.07 Å². The van der Waals surface area contributed by atoms with Gasteiger partial charge in [-0.25, -0.2) is 4.79 Å². The summed E-state index contributed by atoms with van der Waals surface area (Å²) in [7, 11) is 0. The summed E-state index contributed by atoms with van der Waals surface area (Å²) in [5.41, 5.74) is 5.53. The Hall–Kier alpha value is -3.86. The fraction of sp³-hybridized carbons (Fsp3) is 0.241. The van der Waals surface area contributed by atoms with Crippen molar-refractivity contribution in [3.63, 3.8) is 0 Å². The van der Waals surface area contributed by atoms with Crippen molar-refractivity contribution in [2.45, 2.75) is 32.6 Å². The highest BCUT2D eigenvalue weighted by Gasteiger charge is 2.12. The molecular formula is C29H30N2O3. The topological polar surface area (TPSA) is 71.2 Å². The van der Waals surface area contributed by atoms with Crippen LogP contribution in [0.4, 0.5) is 0 Å². The first kappa shape index (κ1) is 23.3. The van der Waals surface area contributed by atoms with Gasteiger partial charge in [-0.05, 0) is 54.2 Å². The van der Waals surface area contributed by atoms with E-state index in [9.17, 15) is 9.59 Å². The summed E-state index contributed by atoms with van der Waals surface area (Å²) in [6, 6.07) is 23.4. The number of hydrogen-bond acceptors (Lipinski definition) is 3. The Kier molecular flexibility index (Phi) is 7.43. The zero-order valence-electron chi connectivity index (χ0n) is 19.6. The maximum atomic E-state index is 12.5. The quantitative estimate of drug-likeness (QED) is 0.229. The minimum Gasteiger partial charge on any atom is -0.462 e. The standard InChI is InChI=1S/C29H30N2O3/c1-20(2)21-10-12-23(13-11-21)28(32)30-16-6-7-17-34-29(33)24-14-15-25-26(19-31-27(25)18-24)22-8-4-3-5-9-22/h3-5,8-15,18-20,31H,6-7,16-17H2,1-2H3,(H,30,32). The van der Waals surface area contributed by atoms with E-state index >= 15 is 0 Å². The lowest BCUT2D eigenvalue weighted by Crippen LogP contribution is -2.24. The fourth-order valence-corrected chi connectivity index (χ4v) is 3.91. The van der Waals surface area contributed by atoms with E-state index < -0.39 is 0 Å². The van der Waals surface area contributed by atoms with Crippen LogP contribution in [-0.4, -0.2) is 30.0 Å². The number of H-pyrrole nitrogens is 1. The van der Waals surface area contributed by atoms with E-state index in [2.05, 4.69) is 36.3 Å². The first-order valence-corrected chi connectivity index (χ1v) is 11.7. The minimum atomic E-state index is -0.341. The highest BCUT2D eigenvalue weighted by Crippen LogP contribution is 2.29. The average molecular weight is 455 g/mol. The molecule has 0 saturated carbocycles. The van der Waals surface area contributed by atoms with E-state index in [0.29, 0.717) is 36.6 Å². The number of amides is 1. The number of carbonyl (C=O) groups is 2. The number of benzene rings is 3. The number of esters is 1.